The summed E-state index contributed by atoms with van der Waals surface area (Å²) in [5.74, 6) is -0.0483. The second kappa shape index (κ2) is 6.95. The minimum absolute atomic E-state index is 0.0483. The molecular formula is C19H19N5O2. The van der Waals surface area contributed by atoms with Gasteiger partial charge >= 0.3 is 0 Å². The molecule has 1 amide bonds. The van der Waals surface area contributed by atoms with Gasteiger partial charge in [-0.3, -0.25) is 9.59 Å². The molecule has 0 atom stereocenters. The minimum Gasteiger partial charge on any atom is -0.324 e. The molecule has 7 heteroatoms. The van der Waals surface area contributed by atoms with Crippen LogP contribution in [0.5, 0.6) is 0 Å². The zero-order chi connectivity index (χ0) is 17.9. The summed E-state index contributed by atoms with van der Waals surface area (Å²) in [6.45, 7) is 0. The molecule has 1 aliphatic carbocycles. The molecule has 0 aliphatic heterocycles. The molecule has 0 spiro atoms. The molecular weight excluding hydrogens is 330 g/mol. The number of amides is 1. The fourth-order valence-corrected chi connectivity index (χ4v) is 3.26. The van der Waals surface area contributed by atoms with E-state index in [9.17, 15) is 9.59 Å². The van der Waals surface area contributed by atoms with Gasteiger partial charge in [0, 0.05) is 6.42 Å². The Kier molecular flexibility index (Phi) is 4.35. The predicted molar refractivity (Wildman–Crippen MR) is 99.3 cm³/mol. The van der Waals surface area contributed by atoms with Crippen LogP contribution in [0.2, 0.25) is 0 Å². The van der Waals surface area contributed by atoms with Gasteiger partial charge in [-0.15, -0.1) is 0 Å². The number of para-hydroxylation sites is 2. The first-order valence-corrected chi connectivity index (χ1v) is 8.71. The van der Waals surface area contributed by atoms with Gasteiger partial charge in [0.05, 0.1) is 23.9 Å². The van der Waals surface area contributed by atoms with E-state index in [0.717, 1.165) is 19.3 Å². The lowest BCUT2D eigenvalue weighted by molar-refractivity contribution is -0.115. The van der Waals surface area contributed by atoms with Crippen LogP contribution in [0.25, 0.3) is 16.7 Å². The molecule has 26 heavy (non-hydrogen) atoms. The normalized spacial score (nSPS) is 14.2. The summed E-state index contributed by atoms with van der Waals surface area (Å²) in [7, 11) is 0. The fraction of sp³-hybridized carbons (Fsp3) is 0.263. The molecule has 132 valence electrons. The monoisotopic (exact) mass is 349 g/mol. The highest BCUT2D eigenvalue weighted by Crippen LogP contribution is 2.24. The number of anilines is 1. The van der Waals surface area contributed by atoms with Gasteiger partial charge in [0.1, 0.15) is 5.39 Å². The van der Waals surface area contributed by atoms with Crippen LogP contribution < -0.4 is 10.9 Å². The lowest BCUT2D eigenvalue weighted by atomic mass is 9.97. The molecule has 7 nitrogen and oxygen atoms in total. The Hall–Kier alpha value is -3.22. The Labute approximate surface area is 149 Å². The van der Waals surface area contributed by atoms with Crippen LogP contribution in [0.3, 0.4) is 0 Å². The van der Waals surface area contributed by atoms with E-state index < -0.39 is 0 Å². The molecule has 3 aromatic rings. The van der Waals surface area contributed by atoms with Crippen LogP contribution in [-0.4, -0.2) is 25.7 Å². The van der Waals surface area contributed by atoms with Gasteiger partial charge < -0.3 is 10.3 Å². The Balaban J connectivity index is 1.64. The second-order valence-corrected chi connectivity index (χ2v) is 6.38. The number of rotatable bonds is 4. The molecule has 2 heterocycles. The number of benzene rings is 1. The first-order chi connectivity index (χ1) is 12.7. The van der Waals surface area contributed by atoms with E-state index in [4.69, 9.17) is 0 Å². The van der Waals surface area contributed by atoms with Gasteiger partial charge in [0.15, 0.2) is 5.65 Å². The third-order valence-corrected chi connectivity index (χ3v) is 4.55. The van der Waals surface area contributed by atoms with Gasteiger partial charge in [-0.05, 0) is 37.8 Å². The molecule has 0 saturated heterocycles. The Bertz CT molecular complexity index is 1050. The molecule has 2 N–H and O–H groups in total. The zero-order valence-electron chi connectivity index (χ0n) is 14.2. The first kappa shape index (κ1) is 16.3. The van der Waals surface area contributed by atoms with Crippen molar-refractivity contribution in [1.82, 2.24) is 19.7 Å². The largest absolute Gasteiger partial charge is 0.324 e. The molecule has 0 unspecified atom stereocenters. The summed E-state index contributed by atoms with van der Waals surface area (Å²) in [6, 6.07) is 7.37. The Morgan fingerprint density at radius 3 is 3.00 bits per heavy atom. The number of hydrogen-bond donors (Lipinski definition) is 2. The van der Waals surface area contributed by atoms with Crippen LogP contribution in [0, 0.1) is 0 Å². The highest BCUT2D eigenvalue weighted by atomic mass is 16.1. The van der Waals surface area contributed by atoms with Crippen molar-refractivity contribution >= 4 is 22.6 Å². The molecule has 0 saturated carbocycles. The van der Waals surface area contributed by atoms with E-state index in [0.29, 0.717) is 28.8 Å². The number of aromatic amines is 1. The zero-order valence-corrected chi connectivity index (χ0v) is 14.2. The lowest BCUT2D eigenvalue weighted by Crippen LogP contribution is -2.15. The number of fused-ring (bicyclic) bond motifs is 1. The van der Waals surface area contributed by atoms with Gasteiger partial charge in [-0.2, -0.15) is 5.10 Å². The fourth-order valence-electron chi connectivity index (χ4n) is 3.26. The van der Waals surface area contributed by atoms with E-state index in [1.165, 1.54) is 24.5 Å². The number of nitrogens with one attached hydrogen (secondary N) is 2. The SMILES string of the molecule is O=C(CC1=CCCCC1)Nc1ccccc1-n1ncc2c(=O)[nH]cnc21. The number of aromatic nitrogens is 4. The van der Waals surface area contributed by atoms with Crippen molar-refractivity contribution < 1.29 is 4.79 Å². The summed E-state index contributed by atoms with van der Waals surface area (Å²) < 4.78 is 1.57. The Morgan fingerprint density at radius 2 is 2.15 bits per heavy atom. The summed E-state index contributed by atoms with van der Waals surface area (Å²) in [4.78, 5) is 31.1. The number of hydrogen-bond acceptors (Lipinski definition) is 4. The summed E-state index contributed by atoms with van der Waals surface area (Å²) in [6.07, 6.45) is 9.80. The molecule has 0 fully saturated rings. The quantitative estimate of drug-likeness (QED) is 0.708. The van der Waals surface area contributed by atoms with Gasteiger partial charge in [-0.25, -0.2) is 9.67 Å². The molecule has 1 aromatic carbocycles. The van der Waals surface area contributed by atoms with Crippen molar-refractivity contribution in [2.24, 2.45) is 0 Å². The van der Waals surface area contributed by atoms with E-state index in [2.05, 4.69) is 26.5 Å². The van der Waals surface area contributed by atoms with E-state index in [-0.39, 0.29) is 11.5 Å². The van der Waals surface area contributed by atoms with Crippen LogP contribution >= 0.6 is 0 Å². The number of allylic oxidation sites excluding steroid dienone is 1. The van der Waals surface area contributed by atoms with Crippen molar-refractivity contribution in [1.29, 1.82) is 0 Å². The summed E-state index contributed by atoms with van der Waals surface area (Å²) in [5.41, 5.74) is 2.72. The van der Waals surface area contributed by atoms with Crippen LogP contribution in [-0.2, 0) is 4.79 Å². The lowest BCUT2D eigenvalue weighted by Gasteiger charge is -2.14. The van der Waals surface area contributed by atoms with E-state index >= 15 is 0 Å². The van der Waals surface area contributed by atoms with Crippen molar-refractivity contribution in [2.75, 3.05) is 5.32 Å². The molecule has 2 aromatic heterocycles. The third kappa shape index (κ3) is 3.15. The van der Waals surface area contributed by atoms with Crippen molar-refractivity contribution in [3.8, 4) is 5.69 Å². The van der Waals surface area contributed by atoms with Crippen molar-refractivity contribution in [2.45, 2.75) is 32.1 Å². The average Bonchev–Trinajstić information content (AvgIpc) is 3.08. The summed E-state index contributed by atoms with van der Waals surface area (Å²) >= 11 is 0. The van der Waals surface area contributed by atoms with Gasteiger partial charge in [0.25, 0.3) is 5.56 Å². The maximum atomic E-state index is 12.5. The minimum atomic E-state index is -0.244. The van der Waals surface area contributed by atoms with Crippen LogP contribution in [0.4, 0.5) is 5.69 Å². The Morgan fingerprint density at radius 1 is 1.27 bits per heavy atom. The van der Waals surface area contributed by atoms with E-state index in [1.54, 1.807) is 4.68 Å². The van der Waals surface area contributed by atoms with Crippen LogP contribution in [0.15, 0.2) is 53.2 Å². The molecule has 0 bridgehead atoms. The first-order valence-electron chi connectivity index (χ1n) is 8.71. The standard InChI is InChI=1S/C19H19N5O2/c25-17(10-13-6-2-1-3-7-13)23-15-8-4-5-9-16(15)24-18-14(11-22-24)19(26)21-12-20-18/h4-6,8-9,11-12H,1-3,7,10H2,(H,23,25)(H,20,21,26). The number of carbonyl (C=O) groups excluding carboxylic acids is 1. The van der Waals surface area contributed by atoms with Crippen molar-refractivity contribution in [3.63, 3.8) is 0 Å². The van der Waals surface area contributed by atoms with Gasteiger partial charge in [0.2, 0.25) is 5.91 Å². The predicted octanol–water partition coefficient (Wildman–Crippen LogP) is 2.94. The highest BCUT2D eigenvalue weighted by Gasteiger charge is 2.15. The third-order valence-electron chi connectivity index (χ3n) is 4.55. The maximum absolute atomic E-state index is 12.5. The molecule has 4 rings (SSSR count). The highest BCUT2D eigenvalue weighted by molar-refractivity contribution is 5.94. The molecule has 0 radical (unpaired) electrons. The smallest absolute Gasteiger partial charge is 0.261 e. The van der Waals surface area contributed by atoms with Crippen LogP contribution in [0.1, 0.15) is 32.1 Å². The number of nitrogens with zero attached hydrogens (tertiary/aromatic N) is 3. The summed E-state index contributed by atoms with van der Waals surface area (Å²) in [5, 5.41) is 7.66. The van der Waals surface area contributed by atoms with Gasteiger partial charge in [-0.1, -0.05) is 23.8 Å². The number of carbonyl (C=O) groups is 1. The van der Waals surface area contributed by atoms with E-state index in [1.807, 2.05) is 24.3 Å². The second-order valence-electron chi connectivity index (χ2n) is 6.38. The average molecular weight is 349 g/mol. The molecule has 1 aliphatic rings. The topological polar surface area (TPSA) is 92.7 Å². The number of H-pyrrole nitrogens is 1. The maximum Gasteiger partial charge on any atom is 0.261 e. The van der Waals surface area contributed by atoms with Crippen molar-refractivity contribution in [3.05, 3.63) is 58.8 Å².